The normalized spacial score (nSPS) is 16.6. The van der Waals surface area contributed by atoms with E-state index in [-0.39, 0.29) is 11.9 Å². The highest BCUT2D eigenvalue weighted by molar-refractivity contribution is 5.98. The summed E-state index contributed by atoms with van der Waals surface area (Å²) in [5, 5.41) is 6.25. The van der Waals surface area contributed by atoms with Crippen LogP contribution in [0.1, 0.15) is 11.1 Å². The van der Waals surface area contributed by atoms with Crippen molar-refractivity contribution in [3.63, 3.8) is 0 Å². The fraction of sp³-hybridized carbons (Fsp3) is 0.188. The molecule has 0 radical (unpaired) electrons. The lowest BCUT2D eigenvalue weighted by Crippen LogP contribution is -2.32. The summed E-state index contributed by atoms with van der Waals surface area (Å²) in [6.45, 7) is 1.99. The standard InChI is InChI=1S/C16H16N2O/c1-11-6-2-4-8-13(11)18-16(19)15-10-12-7-3-5-9-14(12)17-15/h2-9,15,17H,10H2,1H3,(H,18,19)/t15-/m0/s1. The van der Waals surface area contributed by atoms with Gasteiger partial charge in [0.2, 0.25) is 5.91 Å². The molecule has 0 aliphatic carbocycles. The largest absolute Gasteiger partial charge is 0.373 e. The van der Waals surface area contributed by atoms with E-state index in [1.54, 1.807) is 0 Å². The summed E-state index contributed by atoms with van der Waals surface area (Å²) in [5.41, 5.74) is 4.22. The summed E-state index contributed by atoms with van der Waals surface area (Å²) in [7, 11) is 0. The first-order valence-electron chi connectivity index (χ1n) is 6.45. The smallest absolute Gasteiger partial charge is 0.247 e. The third-order valence-corrected chi connectivity index (χ3v) is 3.49. The first-order valence-corrected chi connectivity index (χ1v) is 6.45. The Hall–Kier alpha value is -2.29. The van der Waals surface area contributed by atoms with Gasteiger partial charge in [-0.3, -0.25) is 4.79 Å². The summed E-state index contributed by atoms with van der Waals surface area (Å²) in [6, 6.07) is 15.7. The van der Waals surface area contributed by atoms with Crippen molar-refractivity contribution in [3.05, 3.63) is 59.7 Å². The SMILES string of the molecule is Cc1ccccc1NC(=O)[C@@H]1Cc2ccccc2N1. The van der Waals surface area contributed by atoms with Crippen LogP contribution >= 0.6 is 0 Å². The van der Waals surface area contributed by atoms with Gasteiger partial charge in [0.1, 0.15) is 6.04 Å². The van der Waals surface area contributed by atoms with E-state index in [1.807, 2.05) is 49.4 Å². The monoisotopic (exact) mass is 252 g/mol. The molecule has 0 aromatic heterocycles. The third kappa shape index (κ3) is 2.32. The zero-order valence-corrected chi connectivity index (χ0v) is 10.8. The van der Waals surface area contributed by atoms with Gasteiger partial charge < -0.3 is 10.6 Å². The number of anilines is 2. The minimum atomic E-state index is -0.183. The van der Waals surface area contributed by atoms with Gasteiger partial charge in [0.15, 0.2) is 0 Å². The summed E-state index contributed by atoms with van der Waals surface area (Å²) < 4.78 is 0. The molecule has 3 rings (SSSR count). The number of rotatable bonds is 2. The number of carbonyl (C=O) groups excluding carboxylic acids is 1. The molecular formula is C16H16N2O. The van der Waals surface area contributed by atoms with Gasteiger partial charge in [-0.1, -0.05) is 36.4 Å². The van der Waals surface area contributed by atoms with Crippen molar-refractivity contribution in [1.29, 1.82) is 0 Å². The van der Waals surface area contributed by atoms with Crippen molar-refractivity contribution >= 4 is 17.3 Å². The average Bonchev–Trinajstić information content (AvgIpc) is 2.85. The van der Waals surface area contributed by atoms with Crippen LogP contribution in [-0.2, 0) is 11.2 Å². The second-order valence-corrected chi connectivity index (χ2v) is 4.86. The van der Waals surface area contributed by atoms with Gasteiger partial charge in [-0.2, -0.15) is 0 Å². The van der Waals surface area contributed by atoms with E-state index in [9.17, 15) is 4.79 Å². The maximum absolute atomic E-state index is 12.3. The molecule has 1 heterocycles. The van der Waals surface area contributed by atoms with Gasteiger partial charge in [0.05, 0.1) is 0 Å². The van der Waals surface area contributed by atoms with Gasteiger partial charge >= 0.3 is 0 Å². The van der Waals surface area contributed by atoms with Crippen LogP contribution < -0.4 is 10.6 Å². The highest BCUT2D eigenvalue weighted by Crippen LogP contribution is 2.26. The molecule has 0 unspecified atom stereocenters. The zero-order chi connectivity index (χ0) is 13.2. The Labute approximate surface area is 112 Å². The summed E-state index contributed by atoms with van der Waals surface area (Å²) in [6.07, 6.45) is 0.744. The van der Waals surface area contributed by atoms with E-state index in [0.29, 0.717) is 0 Å². The van der Waals surface area contributed by atoms with Gasteiger partial charge in [-0.05, 0) is 30.2 Å². The second-order valence-electron chi connectivity index (χ2n) is 4.86. The van der Waals surface area contributed by atoms with E-state index in [1.165, 1.54) is 5.56 Å². The van der Waals surface area contributed by atoms with Gasteiger partial charge in [0.25, 0.3) is 0 Å². The Morgan fingerprint density at radius 1 is 1.16 bits per heavy atom. The van der Waals surface area contributed by atoms with Crippen LogP contribution in [0, 0.1) is 6.92 Å². The number of para-hydroxylation sites is 2. The molecular weight excluding hydrogens is 236 g/mol. The van der Waals surface area contributed by atoms with Crippen molar-refractivity contribution in [2.24, 2.45) is 0 Å². The molecule has 2 aromatic carbocycles. The molecule has 1 aliphatic heterocycles. The number of fused-ring (bicyclic) bond motifs is 1. The predicted octanol–water partition coefficient (Wildman–Crippen LogP) is 2.97. The third-order valence-electron chi connectivity index (χ3n) is 3.49. The van der Waals surface area contributed by atoms with Crippen molar-refractivity contribution < 1.29 is 4.79 Å². The Kier molecular flexibility index (Phi) is 2.95. The maximum Gasteiger partial charge on any atom is 0.247 e. The summed E-state index contributed by atoms with van der Waals surface area (Å²) in [4.78, 5) is 12.3. The van der Waals surface area contributed by atoms with Crippen molar-refractivity contribution in [1.82, 2.24) is 0 Å². The molecule has 3 heteroatoms. The molecule has 0 saturated carbocycles. The molecule has 2 aromatic rings. The highest BCUT2D eigenvalue weighted by atomic mass is 16.2. The van der Waals surface area contributed by atoms with E-state index in [0.717, 1.165) is 23.4 Å². The number of hydrogen-bond acceptors (Lipinski definition) is 2. The van der Waals surface area contributed by atoms with Gasteiger partial charge in [0, 0.05) is 17.8 Å². The number of amides is 1. The number of hydrogen-bond donors (Lipinski definition) is 2. The minimum absolute atomic E-state index is 0.0190. The first-order chi connectivity index (χ1) is 9.24. The Morgan fingerprint density at radius 3 is 2.68 bits per heavy atom. The molecule has 3 nitrogen and oxygen atoms in total. The van der Waals surface area contributed by atoms with Crippen LogP contribution in [0.25, 0.3) is 0 Å². The Balaban J connectivity index is 1.72. The van der Waals surface area contributed by atoms with Crippen LogP contribution in [-0.4, -0.2) is 11.9 Å². The summed E-state index contributed by atoms with van der Waals surface area (Å²) >= 11 is 0. The number of benzene rings is 2. The first kappa shape index (κ1) is 11.8. The van der Waals surface area contributed by atoms with Crippen LogP contribution in [0.5, 0.6) is 0 Å². The molecule has 19 heavy (non-hydrogen) atoms. The van der Waals surface area contributed by atoms with Crippen molar-refractivity contribution in [2.45, 2.75) is 19.4 Å². The minimum Gasteiger partial charge on any atom is -0.373 e. The topological polar surface area (TPSA) is 41.1 Å². The maximum atomic E-state index is 12.3. The van der Waals surface area contributed by atoms with Crippen LogP contribution in [0.15, 0.2) is 48.5 Å². The van der Waals surface area contributed by atoms with Crippen LogP contribution in [0.2, 0.25) is 0 Å². The molecule has 0 bridgehead atoms. The molecule has 0 spiro atoms. The summed E-state index contributed by atoms with van der Waals surface area (Å²) in [5.74, 6) is 0.0190. The van der Waals surface area contributed by atoms with Crippen molar-refractivity contribution in [2.75, 3.05) is 10.6 Å². The predicted molar refractivity (Wildman–Crippen MR) is 77.4 cm³/mol. The highest BCUT2D eigenvalue weighted by Gasteiger charge is 2.26. The quantitative estimate of drug-likeness (QED) is 0.862. The number of carbonyl (C=O) groups is 1. The zero-order valence-electron chi connectivity index (χ0n) is 10.8. The van der Waals surface area contributed by atoms with Gasteiger partial charge in [-0.25, -0.2) is 0 Å². The number of aryl methyl sites for hydroxylation is 1. The number of nitrogens with one attached hydrogen (secondary N) is 2. The second kappa shape index (κ2) is 4.76. The molecule has 1 atom stereocenters. The van der Waals surface area contributed by atoms with E-state index in [4.69, 9.17) is 0 Å². The van der Waals surface area contributed by atoms with Crippen LogP contribution in [0.4, 0.5) is 11.4 Å². The lowest BCUT2D eigenvalue weighted by Gasteiger charge is -2.13. The molecule has 96 valence electrons. The average molecular weight is 252 g/mol. The molecule has 0 saturated heterocycles. The van der Waals surface area contributed by atoms with E-state index < -0.39 is 0 Å². The fourth-order valence-electron chi connectivity index (χ4n) is 2.39. The van der Waals surface area contributed by atoms with Crippen LogP contribution in [0.3, 0.4) is 0 Å². The molecule has 2 N–H and O–H groups in total. The Morgan fingerprint density at radius 2 is 1.89 bits per heavy atom. The van der Waals surface area contributed by atoms with Gasteiger partial charge in [-0.15, -0.1) is 0 Å². The van der Waals surface area contributed by atoms with Crippen molar-refractivity contribution in [3.8, 4) is 0 Å². The molecule has 1 aliphatic rings. The lowest BCUT2D eigenvalue weighted by molar-refractivity contribution is -0.116. The molecule has 1 amide bonds. The lowest BCUT2D eigenvalue weighted by atomic mass is 10.1. The van der Waals surface area contributed by atoms with E-state index >= 15 is 0 Å². The fourth-order valence-corrected chi connectivity index (χ4v) is 2.39. The molecule has 0 fully saturated rings. The van der Waals surface area contributed by atoms with E-state index in [2.05, 4.69) is 16.7 Å². The Bertz CT molecular complexity index is 597.